The Kier molecular flexibility index (Phi) is 4.26. The first kappa shape index (κ1) is 19.3. The van der Waals surface area contributed by atoms with Crippen LogP contribution in [-0.4, -0.2) is 46.7 Å². The van der Waals surface area contributed by atoms with E-state index in [9.17, 15) is 15.0 Å². The quantitative estimate of drug-likeness (QED) is 0.570. The van der Waals surface area contributed by atoms with Crippen LogP contribution in [0.5, 0.6) is 0 Å². The molecule has 5 nitrogen and oxygen atoms in total. The fraction of sp³-hybridized carbons (Fsp3) is 0.957. The molecule has 4 aliphatic carbocycles. The second-order valence-electron chi connectivity index (χ2n) is 11.0. The van der Waals surface area contributed by atoms with Crippen molar-refractivity contribution in [3.05, 3.63) is 0 Å². The maximum atomic E-state index is 11.4. The second kappa shape index (κ2) is 6.18. The highest BCUT2D eigenvalue weighted by molar-refractivity contribution is 5.66. The lowest BCUT2D eigenvalue weighted by Gasteiger charge is -2.61. The van der Waals surface area contributed by atoms with Crippen molar-refractivity contribution in [3.8, 4) is 0 Å². The Morgan fingerprint density at radius 2 is 1.93 bits per heavy atom. The molecule has 0 spiro atoms. The third kappa shape index (κ3) is 2.33. The second-order valence-corrected chi connectivity index (χ2v) is 11.0. The van der Waals surface area contributed by atoms with Crippen molar-refractivity contribution in [1.29, 1.82) is 0 Å². The van der Waals surface area contributed by atoms with Gasteiger partial charge in [0.2, 0.25) is 0 Å². The van der Waals surface area contributed by atoms with Crippen LogP contribution in [0.2, 0.25) is 0 Å². The summed E-state index contributed by atoms with van der Waals surface area (Å²) in [5.41, 5.74) is -0.168. The standard InChI is InChI=1S/C23H36O5/c1-13(25)27-15-6-8-21(2)14(10-15)4-5-16-17(21)7-9-22(3)18(16)11-20-23(22,28-20)19(26)12-24/h14-20,24,26H,4-12H2,1-3H3/t14-,15-,16+,17-,18-,19?,20+,21-,22-,23+/m0/s1. The van der Waals surface area contributed by atoms with E-state index in [4.69, 9.17) is 9.47 Å². The van der Waals surface area contributed by atoms with Crippen LogP contribution in [0.4, 0.5) is 0 Å². The van der Waals surface area contributed by atoms with Crippen molar-refractivity contribution in [1.82, 2.24) is 0 Å². The fourth-order valence-electron chi connectivity index (χ4n) is 8.77. The molecule has 0 radical (unpaired) electrons. The average Bonchev–Trinajstić information content (AvgIpc) is 3.33. The predicted molar refractivity (Wildman–Crippen MR) is 103 cm³/mol. The number of rotatable bonds is 3. The number of fused-ring (bicyclic) bond motifs is 7. The van der Waals surface area contributed by atoms with E-state index in [1.54, 1.807) is 0 Å². The average molecular weight is 393 g/mol. The number of esters is 1. The van der Waals surface area contributed by atoms with Gasteiger partial charge in [-0.3, -0.25) is 4.79 Å². The van der Waals surface area contributed by atoms with Crippen molar-refractivity contribution in [2.45, 2.75) is 96.1 Å². The lowest BCUT2D eigenvalue weighted by molar-refractivity contribution is -0.168. The van der Waals surface area contributed by atoms with Gasteiger partial charge in [-0.15, -0.1) is 0 Å². The third-order valence-corrected chi connectivity index (χ3v) is 10.1. The molecule has 5 heteroatoms. The van der Waals surface area contributed by atoms with Gasteiger partial charge in [0.05, 0.1) is 12.7 Å². The molecule has 0 amide bonds. The maximum absolute atomic E-state index is 11.4. The Morgan fingerprint density at radius 3 is 2.64 bits per heavy atom. The first-order valence-electron chi connectivity index (χ1n) is 11.4. The number of epoxide rings is 1. The number of ether oxygens (including phenoxy) is 2. The van der Waals surface area contributed by atoms with Gasteiger partial charge < -0.3 is 19.7 Å². The summed E-state index contributed by atoms with van der Waals surface area (Å²) in [6.45, 7) is 6.15. The molecule has 0 aromatic carbocycles. The topological polar surface area (TPSA) is 79.3 Å². The number of hydrogen-bond donors (Lipinski definition) is 2. The summed E-state index contributed by atoms with van der Waals surface area (Å²) in [4.78, 5) is 11.4. The summed E-state index contributed by atoms with van der Waals surface area (Å²) in [5.74, 6) is 2.53. The summed E-state index contributed by atoms with van der Waals surface area (Å²) in [6.07, 6.45) is 8.47. The minimum absolute atomic E-state index is 0.0148. The first-order chi connectivity index (χ1) is 13.3. The molecule has 4 saturated carbocycles. The Bertz CT molecular complexity index is 665. The van der Waals surface area contributed by atoms with Crippen molar-refractivity contribution >= 4 is 5.97 Å². The number of aliphatic hydroxyl groups excluding tert-OH is 2. The Morgan fingerprint density at radius 1 is 1.14 bits per heavy atom. The zero-order chi connectivity index (χ0) is 19.9. The molecule has 10 atom stereocenters. The van der Waals surface area contributed by atoms with Crippen LogP contribution < -0.4 is 0 Å². The molecule has 1 heterocycles. The van der Waals surface area contributed by atoms with E-state index in [-0.39, 0.29) is 30.2 Å². The number of hydrogen-bond acceptors (Lipinski definition) is 5. The molecular formula is C23H36O5. The number of carbonyl (C=O) groups is 1. The van der Waals surface area contributed by atoms with E-state index in [2.05, 4.69) is 13.8 Å². The molecule has 5 fully saturated rings. The largest absolute Gasteiger partial charge is 0.463 e. The van der Waals surface area contributed by atoms with Crippen molar-refractivity contribution in [2.24, 2.45) is 34.5 Å². The van der Waals surface area contributed by atoms with E-state index in [0.717, 1.165) is 38.0 Å². The fourth-order valence-corrected chi connectivity index (χ4v) is 8.77. The van der Waals surface area contributed by atoms with Gasteiger partial charge in [0.1, 0.15) is 17.8 Å². The summed E-state index contributed by atoms with van der Waals surface area (Å²) in [6, 6.07) is 0. The summed E-state index contributed by atoms with van der Waals surface area (Å²) < 4.78 is 11.6. The molecule has 5 rings (SSSR count). The normalized spacial score (nSPS) is 55.3. The van der Waals surface area contributed by atoms with Crippen molar-refractivity contribution in [3.63, 3.8) is 0 Å². The molecule has 0 aromatic heterocycles. The van der Waals surface area contributed by atoms with Crippen LogP contribution in [0.15, 0.2) is 0 Å². The van der Waals surface area contributed by atoms with Gasteiger partial charge in [0.15, 0.2) is 0 Å². The molecule has 1 unspecified atom stereocenters. The highest BCUT2D eigenvalue weighted by Crippen LogP contribution is 2.74. The summed E-state index contributed by atoms with van der Waals surface area (Å²) in [5, 5.41) is 20.2. The molecule has 1 aliphatic heterocycles. The smallest absolute Gasteiger partial charge is 0.302 e. The zero-order valence-electron chi connectivity index (χ0n) is 17.5. The lowest BCUT2D eigenvalue weighted by Crippen LogP contribution is -2.57. The predicted octanol–water partition coefficient (Wildman–Crippen LogP) is 3.06. The van der Waals surface area contributed by atoms with Gasteiger partial charge in [0, 0.05) is 12.3 Å². The minimum atomic E-state index is -0.754. The molecule has 158 valence electrons. The van der Waals surface area contributed by atoms with E-state index in [1.165, 1.54) is 26.2 Å². The highest BCUT2D eigenvalue weighted by atomic mass is 16.6. The van der Waals surface area contributed by atoms with Gasteiger partial charge >= 0.3 is 5.97 Å². The molecule has 28 heavy (non-hydrogen) atoms. The Labute approximate surface area is 168 Å². The lowest BCUT2D eigenvalue weighted by atomic mass is 9.44. The minimum Gasteiger partial charge on any atom is -0.463 e. The van der Waals surface area contributed by atoms with E-state index in [1.807, 2.05) is 0 Å². The van der Waals surface area contributed by atoms with Crippen molar-refractivity contribution < 1.29 is 24.5 Å². The first-order valence-corrected chi connectivity index (χ1v) is 11.4. The SMILES string of the molecule is CC(=O)O[C@H]1CC[C@@]2(C)[C@@H](CC[C@@H]3[C@@H]2CC[C@@]2(C)[C@H]3C[C@H]3O[C@]32C(O)CO)C1. The number of aliphatic hydroxyl groups is 2. The monoisotopic (exact) mass is 392 g/mol. The van der Waals surface area contributed by atoms with Crippen LogP contribution in [0.25, 0.3) is 0 Å². The van der Waals surface area contributed by atoms with Gasteiger partial charge in [-0.2, -0.15) is 0 Å². The maximum Gasteiger partial charge on any atom is 0.302 e. The van der Waals surface area contributed by atoms with Crippen LogP contribution in [0.1, 0.15) is 72.1 Å². The Hall–Kier alpha value is -0.650. The van der Waals surface area contributed by atoms with Gasteiger partial charge in [-0.25, -0.2) is 0 Å². The van der Waals surface area contributed by atoms with Crippen LogP contribution >= 0.6 is 0 Å². The van der Waals surface area contributed by atoms with Gasteiger partial charge in [0.25, 0.3) is 0 Å². The molecule has 0 aromatic rings. The summed E-state index contributed by atoms with van der Waals surface area (Å²) in [7, 11) is 0. The van der Waals surface area contributed by atoms with Crippen LogP contribution in [0.3, 0.4) is 0 Å². The van der Waals surface area contributed by atoms with E-state index < -0.39 is 11.7 Å². The van der Waals surface area contributed by atoms with E-state index in [0.29, 0.717) is 23.2 Å². The van der Waals surface area contributed by atoms with Crippen LogP contribution in [-0.2, 0) is 14.3 Å². The van der Waals surface area contributed by atoms with Gasteiger partial charge in [-0.1, -0.05) is 13.8 Å². The van der Waals surface area contributed by atoms with E-state index >= 15 is 0 Å². The zero-order valence-corrected chi connectivity index (χ0v) is 17.5. The third-order valence-electron chi connectivity index (χ3n) is 10.1. The molecule has 0 bridgehead atoms. The molecule has 5 aliphatic rings. The van der Waals surface area contributed by atoms with Crippen molar-refractivity contribution in [2.75, 3.05) is 6.61 Å². The molecule has 1 saturated heterocycles. The van der Waals surface area contributed by atoms with Crippen LogP contribution in [0, 0.1) is 34.5 Å². The molecule has 2 N–H and O–H groups in total. The Balaban J connectivity index is 1.37. The summed E-state index contributed by atoms with van der Waals surface area (Å²) >= 11 is 0. The highest BCUT2D eigenvalue weighted by Gasteiger charge is 2.79. The number of carbonyl (C=O) groups excluding carboxylic acids is 1. The molecular weight excluding hydrogens is 356 g/mol. The van der Waals surface area contributed by atoms with Gasteiger partial charge in [-0.05, 0) is 80.5 Å².